The summed E-state index contributed by atoms with van der Waals surface area (Å²) in [5, 5.41) is 4.18. The van der Waals surface area contributed by atoms with E-state index in [1.54, 1.807) is 0 Å². The van der Waals surface area contributed by atoms with Crippen molar-refractivity contribution in [1.82, 2.24) is 25.2 Å². The molecule has 3 aromatic heterocycles. The van der Waals surface area contributed by atoms with Crippen molar-refractivity contribution < 1.29 is 0 Å². The Kier molecular flexibility index (Phi) is 3.96. The lowest BCUT2D eigenvalue weighted by Crippen LogP contribution is -2.29. The summed E-state index contributed by atoms with van der Waals surface area (Å²) in [4.78, 5) is 14.1. The van der Waals surface area contributed by atoms with E-state index < -0.39 is 0 Å². The number of aromatic nitrogens is 3. The minimum absolute atomic E-state index is 0.0131. The van der Waals surface area contributed by atoms with Crippen molar-refractivity contribution in [3.63, 3.8) is 0 Å². The van der Waals surface area contributed by atoms with E-state index in [1.165, 1.54) is 5.56 Å². The fraction of sp³-hybridized carbons (Fsp3) is 0.167. The summed E-state index contributed by atoms with van der Waals surface area (Å²) in [6, 6.07) is 14.2. The average molecular weight is 335 g/mol. The van der Waals surface area contributed by atoms with Gasteiger partial charge in [-0.2, -0.15) is 0 Å². The molecule has 1 saturated heterocycles. The monoisotopic (exact) mass is 335 g/mol. The highest BCUT2D eigenvalue weighted by Crippen LogP contribution is 2.38. The molecule has 0 bridgehead atoms. The van der Waals surface area contributed by atoms with Gasteiger partial charge in [-0.15, -0.1) is 0 Å². The van der Waals surface area contributed by atoms with Crippen molar-refractivity contribution in [2.45, 2.75) is 18.6 Å². The van der Waals surface area contributed by atoms with Gasteiger partial charge in [0.15, 0.2) is 5.11 Å². The summed E-state index contributed by atoms with van der Waals surface area (Å²) in [6.07, 6.45) is 7.37. The zero-order valence-electron chi connectivity index (χ0n) is 13.0. The van der Waals surface area contributed by atoms with Crippen molar-refractivity contribution in [3.05, 3.63) is 84.2 Å². The second-order valence-corrected chi connectivity index (χ2v) is 6.12. The summed E-state index contributed by atoms with van der Waals surface area (Å²) >= 11 is 5.63. The molecular formula is C18H17N5S. The molecule has 1 fully saturated rings. The topological polar surface area (TPSA) is 56.8 Å². The maximum atomic E-state index is 5.63. The van der Waals surface area contributed by atoms with Crippen molar-refractivity contribution in [2.75, 3.05) is 0 Å². The molecule has 0 unspecified atom stereocenters. The molecule has 4 heterocycles. The van der Waals surface area contributed by atoms with Crippen LogP contribution in [0, 0.1) is 0 Å². The number of thiocarbonyl (C=S) groups is 1. The first kappa shape index (κ1) is 14.8. The maximum Gasteiger partial charge on any atom is 0.170 e. The average Bonchev–Trinajstić information content (AvgIpc) is 3.25. The zero-order valence-corrected chi connectivity index (χ0v) is 13.8. The van der Waals surface area contributed by atoms with Crippen LogP contribution in [0.2, 0.25) is 0 Å². The van der Waals surface area contributed by atoms with Crippen LogP contribution >= 0.6 is 12.2 Å². The molecule has 0 spiro atoms. The predicted molar refractivity (Wildman–Crippen MR) is 96.0 cm³/mol. The molecule has 1 aliphatic rings. The molecule has 4 rings (SSSR count). The predicted octanol–water partition coefficient (Wildman–Crippen LogP) is 2.98. The zero-order chi connectivity index (χ0) is 16.4. The van der Waals surface area contributed by atoms with E-state index in [0.29, 0.717) is 0 Å². The lowest BCUT2D eigenvalue weighted by Gasteiger charge is -2.27. The number of hydrogen-bond acceptors (Lipinski definition) is 3. The van der Waals surface area contributed by atoms with Gasteiger partial charge in [-0.05, 0) is 54.2 Å². The first-order chi connectivity index (χ1) is 11.8. The molecule has 1 aliphatic heterocycles. The second-order valence-electron chi connectivity index (χ2n) is 5.74. The molecule has 6 heteroatoms. The van der Waals surface area contributed by atoms with Crippen LogP contribution in [0.4, 0.5) is 0 Å². The molecule has 0 radical (unpaired) electrons. The van der Waals surface area contributed by atoms with Crippen LogP contribution in [0.5, 0.6) is 0 Å². The third kappa shape index (κ3) is 2.76. The van der Waals surface area contributed by atoms with Crippen molar-refractivity contribution in [3.8, 4) is 0 Å². The Morgan fingerprint density at radius 3 is 2.62 bits per heavy atom. The van der Waals surface area contributed by atoms with Gasteiger partial charge >= 0.3 is 0 Å². The highest BCUT2D eigenvalue weighted by atomic mass is 32.1. The molecule has 5 nitrogen and oxygen atoms in total. The molecule has 24 heavy (non-hydrogen) atoms. The highest BCUT2D eigenvalue weighted by Gasteiger charge is 2.40. The van der Waals surface area contributed by atoms with Crippen molar-refractivity contribution >= 4 is 17.3 Å². The van der Waals surface area contributed by atoms with Crippen LogP contribution in [0.15, 0.2) is 67.3 Å². The summed E-state index contributed by atoms with van der Waals surface area (Å²) in [7, 11) is 0. The van der Waals surface area contributed by atoms with Gasteiger partial charge < -0.3 is 15.2 Å². The summed E-state index contributed by atoms with van der Waals surface area (Å²) in [5.74, 6) is 0. The molecule has 2 N–H and O–H groups in total. The van der Waals surface area contributed by atoms with Crippen LogP contribution in [-0.2, 0) is 6.54 Å². The highest BCUT2D eigenvalue weighted by molar-refractivity contribution is 7.80. The van der Waals surface area contributed by atoms with Gasteiger partial charge in [-0.25, -0.2) is 0 Å². The molecule has 2 atom stereocenters. The van der Waals surface area contributed by atoms with Crippen LogP contribution in [0.3, 0.4) is 0 Å². The Morgan fingerprint density at radius 2 is 1.92 bits per heavy atom. The Labute approximate surface area is 145 Å². The van der Waals surface area contributed by atoms with E-state index in [4.69, 9.17) is 12.2 Å². The molecule has 0 amide bonds. The minimum atomic E-state index is 0.0131. The fourth-order valence-corrected chi connectivity index (χ4v) is 3.43. The quantitative estimate of drug-likeness (QED) is 0.718. The largest absolute Gasteiger partial charge is 0.363 e. The normalized spacial score (nSPS) is 20.2. The molecule has 0 aromatic carbocycles. The van der Waals surface area contributed by atoms with E-state index in [1.807, 2.05) is 61.2 Å². The Bertz CT molecular complexity index is 804. The number of rotatable bonds is 4. The first-order valence-electron chi connectivity index (χ1n) is 7.83. The summed E-state index contributed by atoms with van der Waals surface area (Å²) in [5.41, 5.74) is 3.27. The van der Waals surface area contributed by atoms with Crippen molar-refractivity contribution in [2.24, 2.45) is 0 Å². The molecule has 0 saturated carbocycles. The van der Waals surface area contributed by atoms with Crippen LogP contribution in [0.25, 0.3) is 0 Å². The number of pyridine rings is 2. The fourth-order valence-electron chi connectivity index (χ4n) is 3.13. The van der Waals surface area contributed by atoms with E-state index in [0.717, 1.165) is 23.0 Å². The van der Waals surface area contributed by atoms with Gasteiger partial charge in [0.2, 0.25) is 0 Å². The molecule has 3 aromatic rings. The number of hydrogen-bond donors (Lipinski definition) is 2. The molecule has 120 valence electrons. The lowest BCUT2D eigenvalue weighted by atomic mass is 10.0. The minimum Gasteiger partial charge on any atom is -0.363 e. The van der Waals surface area contributed by atoms with Crippen LogP contribution in [0.1, 0.15) is 29.0 Å². The number of H-pyrrole nitrogens is 1. The van der Waals surface area contributed by atoms with E-state index in [9.17, 15) is 0 Å². The Balaban J connectivity index is 1.71. The first-order valence-corrected chi connectivity index (χ1v) is 8.24. The van der Waals surface area contributed by atoms with Crippen LogP contribution < -0.4 is 5.32 Å². The smallest absolute Gasteiger partial charge is 0.170 e. The van der Waals surface area contributed by atoms with Crippen molar-refractivity contribution in [1.29, 1.82) is 0 Å². The molecule has 0 aliphatic carbocycles. The standard InChI is InChI=1S/C18H17N5S/c24-18-22-16(14-4-1-2-8-20-14)17(15-5-3-9-21-15)23(18)12-13-6-10-19-11-7-13/h1-11,16-17,21H,12H2,(H,22,24)/t16-,17+/m1/s1. The lowest BCUT2D eigenvalue weighted by molar-refractivity contribution is 0.306. The summed E-state index contributed by atoms with van der Waals surface area (Å²) < 4.78 is 0. The number of aromatic amines is 1. The van der Waals surface area contributed by atoms with Gasteiger partial charge in [0, 0.05) is 37.0 Å². The third-order valence-electron chi connectivity index (χ3n) is 4.24. The maximum absolute atomic E-state index is 5.63. The van der Waals surface area contributed by atoms with Gasteiger partial charge in [-0.1, -0.05) is 6.07 Å². The molecular weight excluding hydrogens is 318 g/mol. The van der Waals surface area contributed by atoms with E-state index in [-0.39, 0.29) is 12.1 Å². The second kappa shape index (κ2) is 6.41. The number of nitrogens with one attached hydrogen (secondary N) is 2. The Hall–Kier alpha value is -2.73. The SMILES string of the molecule is S=C1N[C@H](c2ccccn2)[C@H](c2ccc[nH]2)N1Cc1ccncc1. The van der Waals surface area contributed by atoms with Crippen LogP contribution in [-0.4, -0.2) is 25.0 Å². The summed E-state index contributed by atoms with van der Waals surface area (Å²) in [6.45, 7) is 0.724. The Morgan fingerprint density at radius 1 is 1.04 bits per heavy atom. The van der Waals surface area contributed by atoms with Gasteiger partial charge in [0.25, 0.3) is 0 Å². The third-order valence-corrected chi connectivity index (χ3v) is 4.59. The number of nitrogens with zero attached hydrogens (tertiary/aromatic N) is 3. The van der Waals surface area contributed by atoms with Gasteiger partial charge in [0.05, 0.1) is 17.8 Å². The van der Waals surface area contributed by atoms with Gasteiger partial charge in [-0.3, -0.25) is 9.97 Å². The van der Waals surface area contributed by atoms with E-state index in [2.05, 4.69) is 31.2 Å². The van der Waals surface area contributed by atoms with Gasteiger partial charge in [0.1, 0.15) is 0 Å². The van der Waals surface area contributed by atoms with E-state index >= 15 is 0 Å².